The second-order valence-corrected chi connectivity index (χ2v) is 4.95. The molecule has 0 aliphatic carbocycles. The Labute approximate surface area is 114 Å². The molecule has 0 spiro atoms. The molecule has 1 amide bonds. The molecular weight excluding hydrogens is 242 g/mol. The predicted molar refractivity (Wildman–Crippen MR) is 74.9 cm³/mol. The van der Waals surface area contributed by atoms with Crippen LogP contribution in [0.15, 0.2) is 24.3 Å². The Morgan fingerprint density at radius 2 is 1.68 bits per heavy atom. The van der Waals surface area contributed by atoms with Gasteiger partial charge < -0.3 is 15.5 Å². The minimum Gasteiger partial charge on any atom is -0.394 e. The maximum Gasteiger partial charge on any atom is 0.217 e. The summed E-state index contributed by atoms with van der Waals surface area (Å²) < 4.78 is 0. The normalized spacial score (nSPS) is 11.4. The van der Waals surface area contributed by atoms with Crippen LogP contribution in [0.1, 0.15) is 31.4 Å². The molecular formula is C15H23NO3. The summed E-state index contributed by atoms with van der Waals surface area (Å²) in [5, 5.41) is 21.5. The number of aliphatic hydroxyl groups is 2. The zero-order chi connectivity index (χ0) is 14.3. The fourth-order valence-electron chi connectivity index (χ4n) is 2.05. The highest BCUT2D eigenvalue weighted by Crippen LogP contribution is 2.15. The van der Waals surface area contributed by atoms with E-state index in [4.69, 9.17) is 0 Å². The average molecular weight is 265 g/mol. The van der Waals surface area contributed by atoms with Crippen molar-refractivity contribution in [1.82, 2.24) is 5.32 Å². The number of aliphatic hydroxyl groups excluding tert-OH is 2. The third-order valence-electron chi connectivity index (χ3n) is 3.37. The summed E-state index contributed by atoms with van der Waals surface area (Å²) >= 11 is 0. The molecule has 0 fully saturated rings. The van der Waals surface area contributed by atoms with Gasteiger partial charge in [0.15, 0.2) is 0 Å². The SMILES string of the molecule is CCc1ccc(CCC(CO)(CO)NC(C)=O)cc1. The molecule has 1 aromatic carbocycles. The first-order chi connectivity index (χ1) is 9.05. The molecule has 4 nitrogen and oxygen atoms in total. The number of carbonyl (C=O) groups is 1. The Morgan fingerprint density at radius 1 is 1.16 bits per heavy atom. The predicted octanol–water partition coefficient (Wildman–Crippen LogP) is 1.04. The largest absolute Gasteiger partial charge is 0.394 e. The van der Waals surface area contributed by atoms with E-state index in [0.29, 0.717) is 12.8 Å². The molecule has 0 saturated carbocycles. The van der Waals surface area contributed by atoms with Crippen LogP contribution in [0, 0.1) is 0 Å². The number of benzene rings is 1. The van der Waals surface area contributed by atoms with Crippen molar-refractivity contribution >= 4 is 5.91 Å². The van der Waals surface area contributed by atoms with Crippen LogP contribution in [0.25, 0.3) is 0 Å². The van der Waals surface area contributed by atoms with Gasteiger partial charge in [0.25, 0.3) is 0 Å². The number of hydrogen-bond acceptors (Lipinski definition) is 3. The van der Waals surface area contributed by atoms with Crippen molar-refractivity contribution in [3.63, 3.8) is 0 Å². The first kappa shape index (κ1) is 15.7. The van der Waals surface area contributed by atoms with E-state index in [-0.39, 0.29) is 19.1 Å². The summed E-state index contributed by atoms with van der Waals surface area (Å²) in [7, 11) is 0. The van der Waals surface area contributed by atoms with Gasteiger partial charge in [0, 0.05) is 6.92 Å². The Hall–Kier alpha value is -1.39. The third-order valence-corrected chi connectivity index (χ3v) is 3.37. The topological polar surface area (TPSA) is 69.6 Å². The quantitative estimate of drug-likeness (QED) is 0.690. The van der Waals surface area contributed by atoms with Crippen molar-refractivity contribution in [1.29, 1.82) is 0 Å². The first-order valence-corrected chi connectivity index (χ1v) is 6.63. The van der Waals surface area contributed by atoms with E-state index in [0.717, 1.165) is 12.0 Å². The fraction of sp³-hybridized carbons (Fsp3) is 0.533. The van der Waals surface area contributed by atoms with Crippen LogP contribution in [0.2, 0.25) is 0 Å². The molecule has 106 valence electrons. The number of rotatable bonds is 7. The molecule has 0 radical (unpaired) electrons. The summed E-state index contributed by atoms with van der Waals surface area (Å²) in [6.07, 6.45) is 2.21. The van der Waals surface area contributed by atoms with Crippen LogP contribution in [0.3, 0.4) is 0 Å². The van der Waals surface area contributed by atoms with Gasteiger partial charge >= 0.3 is 0 Å². The van der Waals surface area contributed by atoms with Crippen molar-refractivity contribution in [2.45, 2.75) is 38.6 Å². The fourth-order valence-corrected chi connectivity index (χ4v) is 2.05. The van der Waals surface area contributed by atoms with Crippen molar-refractivity contribution in [2.75, 3.05) is 13.2 Å². The standard InChI is InChI=1S/C15H23NO3/c1-3-13-4-6-14(7-5-13)8-9-15(10-17,11-18)16-12(2)19/h4-7,17-18H,3,8-11H2,1-2H3,(H,16,19). The molecule has 3 N–H and O–H groups in total. The maximum absolute atomic E-state index is 11.1. The minimum atomic E-state index is -0.935. The van der Waals surface area contributed by atoms with Gasteiger partial charge in [0.1, 0.15) is 0 Å². The van der Waals surface area contributed by atoms with E-state index in [1.54, 1.807) is 0 Å². The van der Waals surface area contributed by atoms with Gasteiger partial charge in [-0.1, -0.05) is 31.2 Å². The molecule has 19 heavy (non-hydrogen) atoms. The zero-order valence-corrected chi connectivity index (χ0v) is 11.6. The molecule has 0 heterocycles. The smallest absolute Gasteiger partial charge is 0.217 e. The second kappa shape index (κ2) is 7.26. The van der Waals surface area contributed by atoms with Crippen LogP contribution >= 0.6 is 0 Å². The molecule has 1 rings (SSSR count). The summed E-state index contributed by atoms with van der Waals surface area (Å²) in [5.41, 5.74) is 1.48. The van der Waals surface area contributed by atoms with Crippen molar-refractivity contribution in [2.24, 2.45) is 0 Å². The van der Waals surface area contributed by atoms with Crippen molar-refractivity contribution in [3.05, 3.63) is 35.4 Å². The highest BCUT2D eigenvalue weighted by Gasteiger charge is 2.29. The Balaban J connectivity index is 2.67. The average Bonchev–Trinajstić information content (AvgIpc) is 2.43. The number of nitrogens with one attached hydrogen (secondary N) is 1. The van der Waals surface area contributed by atoms with Gasteiger partial charge in [0.2, 0.25) is 5.91 Å². The minimum absolute atomic E-state index is 0.246. The van der Waals surface area contributed by atoms with Crippen LogP contribution < -0.4 is 5.32 Å². The van der Waals surface area contributed by atoms with Crippen LogP contribution in [0.5, 0.6) is 0 Å². The number of aryl methyl sites for hydroxylation is 2. The maximum atomic E-state index is 11.1. The lowest BCUT2D eigenvalue weighted by Crippen LogP contribution is -2.53. The summed E-state index contributed by atoms with van der Waals surface area (Å²) in [5.74, 6) is -0.246. The molecule has 0 bridgehead atoms. The molecule has 0 atom stereocenters. The van der Waals surface area contributed by atoms with Crippen molar-refractivity contribution < 1.29 is 15.0 Å². The van der Waals surface area contributed by atoms with E-state index in [1.807, 2.05) is 12.1 Å². The number of carbonyl (C=O) groups excluding carboxylic acids is 1. The van der Waals surface area contributed by atoms with Gasteiger partial charge in [-0.05, 0) is 30.4 Å². The Morgan fingerprint density at radius 3 is 2.11 bits per heavy atom. The molecule has 0 aromatic heterocycles. The molecule has 0 aliphatic rings. The monoisotopic (exact) mass is 265 g/mol. The highest BCUT2D eigenvalue weighted by molar-refractivity contribution is 5.73. The van der Waals surface area contributed by atoms with E-state index in [1.165, 1.54) is 12.5 Å². The first-order valence-electron chi connectivity index (χ1n) is 6.63. The summed E-state index contributed by atoms with van der Waals surface area (Å²) in [6, 6.07) is 8.25. The number of hydrogen-bond donors (Lipinski definition) is 3. The zero-order valence-electron chi connectivity index (χ0n) is 11.6. The van der Waals surface area contributed by atoms with Gasteiger partial charge in [-0.15, -0.1) is 0 Å². The highest BCUT2D eigenvalue weighted by atomic mass is 16.3. The van der Waals surface area contributed by atoms with E-state index >= 15 is 0 Å². The van der Waals surface area contributed by atoms with Crippen LogP contribution in [-0.4, -0.2) is 34.9 Å². The third kappa shape index (κ3) is 4.65. The van der Waals surface area contributed by atoms with Crippen LogP contribution in [-0.2, 0) is 17.6 Å². The Bertz CT molecular complexity index is 396. The van der Waals surface area contributed by atoms with E-state index in [9.17, 15) is 15.0 Å². The molecule has 4 heteroatoms. The van der Waals surface area contributed by atoms with E-state index in [2.05, 4.69) is 24.4 Å². The molecule has 0 saturated heterocycles. The van der Waals surface area contributed by atoms with E-state index < -0.39 is 5.54 Å². The van der Waals surface area contributed by atoms with Gasteiger partial charge in [0.05, 0.1) is 18.8 Å². The summed E-state index contributed by atoms with van der Waals surface area (Å²) in [6.45, 7) is 2.96. The second-order valence-electron chi connectivity index (χ2n) is 4.95. The summed E-state index contributed by atoms with van der Waals surface area (Å²) in [4.78, 5) is 11.1. The lowest BCUT2D eigenvalue weighted by molar-refractivity contribution is -0.122. The van der Waals surface area contributed by atoms with Gasteiger partial charge in [-0.25, -0.2) is 0 Å². The number of amides is 1. The lowest BCUT2D eigenvalue weighted by atomic mass is 9.92. The van der Waals surface area contributed by atoms with Crippen LogP contribution in [0.4, 0.5) is 0 Å². The van der Waals surface area contributed by atoms with Gasteiger partial charge in [-0.2, -0.15) is 0 Å². The molecule has 0 aliphatic heterocycles. The lowest BCUT2D eigenvalue weighted by Gasteiger charge is -2.30. The molecule has 1 aromatic rings. The Kier molecular flexibility index (Phi) is 5.99. The molecule has 0 unspecified atom stereocenters. The van der Waals surface area contributed by atoms with Crippen molar-refractivity contribution in [3.8, 4) is 0 Å². The van der Waals surface area contributed by atoms with Gasteiger partial charge in [-0.3, -0.25) is 4.79 Å².